The van der Waals surface area contributed by atoms with Gasteiger partial charge >= 0.3 is 0 Å². The number of carbonyl (C=O) groups is 1. The van der Waals surface area contributed by atoms with Gasteiger partial charge in [-0.15, -0.1) is 0 Å². The van der Waals surface area contributed by atoms with Gasteiger partial charge in [0.05, 0.1) is 10.4 Å². The summed E-state index contributed by atoms with van der Waals surface area (Å²) in [5.41, 5.74) is 6.13. The minimum absolute atomic E-state index is 0.0776. The highest BCUT2D eigenvalue weighted by atomic mass is 32.1. The Bertz CT molecular complexity index is 563. The lowest BCUT2D eigenvalue weighted by molar-refractivity contribution is -0.134. The van der Waals surface area contributed by atoms with Gasteiger partial charge in [0.25, 0.3) is 0 Å². The molecular formula is C15H18FN3OS. The third kappa shape index (κ3) is 2.60. The Kier molecular flexibility index (Phi) is 3.57. The van der Waals surface area contributed by atoms with Crippen molar-refractivity contribution >= 4 is 28.8 Å². The lowest BCUT2D eigenvalue weighted by Gasteiger charge is -2.37. The highest BCUT2D eigenvalue weighted by Gasteiger charge is 2.54. The number of amides is 1. The van der Waals surface area contributed by atoms with E-state index in [-0.39, 0.29) is 11.7 Å². The van der Waals surface area contributed by atoms with E-state index in [4.69, 9.17) is 18.0 Å². The van der Waals surface area contributed by atoms with Crippen LogP contribution in [0.3, 0.4) is 0 Å². The molecule has 2 aliphatic rings. The summed E-state index contributed by atoms with van der Waals surface area (Å²) in [6, 6.07) is 6.45. The van der Waals surface area contributed by atoms with Gasteiger partial charge in [0, 0.05) is 31.9 Å². The molecule has 1 saturated heterocycles. The predicted molar refractivity (Wildman–Crippen MR) is 83.6 cm³/mol. The zero-order valence-electron chi connectivity index (χ0n) is 11.7. The topological polar surface area (TPSA) is 49.6 Å². The Morgan fingerprint density at radius 2 is 1.71 bits per heavy atom. The van der Waals surface area contributed by atoms with E-state index in [0.29, 0.717) is 18.1 Å². The fraction of sp³-hybridized carbons (Fsp3) is 0.467. The minimum atomic E-state index is -0.562. The van der Waals surface area contributed by atoms with Gasteiger partial charge in [0.15, 0.2) is 0 Å². The third-order valence-electron chi connectivity index (χ3n) is 4.39. The second kappa shape index (κ2) is 5.26. The first-order chi connectivity index (χ1) is 10.0. The number of thiocarbonyl (C=S) groups is 1. The van der Waals surface area contributed by atoms with Gasteiger partial charge in [-0.1, -0.05) is 12.2 Å². The summed E-state index contributed by atoms with van der Waals surface area (Å²) in [5.74, 6) is -0.159. The third-order valence-corrected chi connectivity index (χ3v) is 4.78. The van der Waals surface area contributed by atoms with Crippen molar-refractivity contribution in [3.05, 3.63) is 30.1 Å². The molecule has 2 fully saturated rings. The van der Waals surface area contributed by atoms with Crippen molar-refractivity contribution in [1.29, 1.82) is 0 Å². The fourth-order valence-electron chi connectivity index (χ4n) is 2.81. The van der Waals surface area contributed by atoms with Crippen LogP contribution in [0, 0.1) is 11.2 Å². The maximum absolute atomic E-state index is 12.9. The average molecular weight is 307 g/mol. The van der Waals surface area contributed by atoms with E-state index in [0.717, 1.165) is 31.6 Å². The van der Waals surface area contributed by atoms with E-state index in [1.807, 2.05) is 4.90 Å². The Balaban J connectivity index is 1.62. The van der Waals surface area contributed by atoms with Crippen molar-refractivity contribution in [3.8, 4) is 0 Å². The lowest BCUT2D eigenvalue weighted by Crippen LogP contribution is -2.52. The van der Waals surface area contributed by atoms with Gasteiger partial charge in [0.1, 0.15) is 5.82 Å². The molecule has 21 heavy (non-hydrogen) atoms. The molecule has 1 saturated carbocycles. The number of anilines is 1. The molecule has 1 heterocycles. The normalized spacial score (nSPS) is 20.2. The summed E-state index contributed by atoms with van der Waals surface area (Å²) in [7, 11) is 0. The molecule has 2 N–H and O–H groups in total. The molecule has 3 rings (SSSR count). The second-order valence-electron chi connectivity index (χ2n) is 5.70. The SMILES string of the molecule is NC(=S)C1(C(=O)N2CCN(c3ccc(F)cc3)CC2)CC1. The van der Waals surface area contributed by atoms with Crippen LogP contribution in [0.25, 0.3) is 0 Å². The van der Waals surface area contributed by atoms with Crippen LogP contribution in [0.1, 0.15) is 12.8 Å². The standard InChI is InChI=1S/C15H18FN3OS/c16-11-1-3-12(4-2-11)18-7-9-19(10-8-18)14(20)15(5-6-15)13(17)21/h1-4H,5-10H2,(H2,17,21). The van der Waals surface area contributed by atoms with Gasteiger partial charge in [-0.3, -0.25) is 4.79 Å². The van der Waals surface area contributed by atoms with Crippen molar-refractivity contribution < 1.29 is 9.18 Å². The highest BCUT2D eigenvalue weighted by molar-refractivity contribution is 7.80. The van der Waals surface area contributed by atoms with E-state index < -0.39 is 5.41 Å². The van der Waals surface area contributed by atoms with E-state index in [1.54, 1.807) is 12.1 Å². The number of hydrogen-bond acceptors (Lipinski definition) is 3. The largest absolute Gasteiger partial charge is 0.392 e. The van der Waals surface area contributed by atoms with Crippen LogP contribution in [0.4, 0.5) is 10.1 Å². The second-order valence-corrected chi connectivity index (χ2v) is 6.14. The van der Waals surface area contributed by atoms with Gasteiger partial charge < -0.3 is 15.5 Å². The summed E-state index contributed by atoms with van der Waals surface area (Å²) in [5, 5.41) is 0. The molecule has 1 aliphatic heterocycles. The summed E-state index contributed by atoms with van der Waals surface area (Å²) < 4.78 is 12.9. The van der Waals surface area contributed by atoms with Crippen molar-refractivity contribution in [2.45, 2.75) is 12.8 Å². The van der Waals surface area contributed by atoms with Crippen LogP contribution in [-0.4, -0.2) is 42.0 Å². The van der Waals surface area contributed by atoms with Crippen molar-refractivity contribution in [1.82, 2.24) is 4.90 Å². The molecule has 0 spiro atoms. The maximum Gasteiger partial charge on any atom is 0.235 e. The van der Waals surface area contributed by atoms with Crippen LogP contribution in [0.15, 0.2) is 24.3 Å². The molecule has 0 bridgehead atoms. The molecule has 6 heteroatoms. The fourth-order valence-corrected chi connectivity index (χ4v) is 3.10. The molecule has 1 aromatic carbocycles. The van der Waals surface area contributed by atoms with E-state index >= 15 is 0 Å². The maximum atomic E-state index is 12.9. The van der Waals surface area contributed by atoms with E-state index in [1.165, 1.54) is 12.1 Å². The minimum Gasteiger partial charge on any atom is -0.392 e. The molecule has 0 radical (unpaired) electrons. The van der Waals surface area contributed by atoms with Crippen LogP contribution in [0.5, 0.6) is 0 Å². The Morgan fingerprint density at radius 3 is 2.19 bits per heavy atom. The number of nitrogens with two attached hydrogens (primary N) is 1. The summed E-state index contributed by atoms with van der Waals surface area (Å²) in [4.78, 5) is 16.8. The first kappa shape index (κ1) is 14.3. The molecule has 1 amide bonds. The zero-order valence-corrected chi connectivity index (χ0v) is 12.5. The summed E-state index contributed by atoms with van der Waals surface area (Å²) in [6.07, 6.45) is 1.55. The summed E-state index contributed by atoms with van der Waals surface area (Å²) >= 11 is 5.04. The number of carbonyl (C=O) groups excluding carboxylic acids is 1. The van der Waals surface area contributed by atoms with Crippen LogP contribution < -0.4 is 10.6 Å². The number of rotatable bonds is 3. The van der Waals surface area contributed by atoms with Gasteiger partial charge in [-0.2, -0.15) is 0 Å². The number of hydrogen-bond donors (Lipinski definition) is 1. The van der Waals surface area contributed by atoms with Crippen molar-refractivity contribution in [3.63, 3.8) is 0 Å². The van der Waals surface area contributed by atoms with Crippen LogP contribution >= 0.6 is 12.2 Å². The Hall–Kier alpha value is -1.69. The first-order valence-electron chi connectivity index (χ1n) is 7.13. The summed E-state index contributed by atoms with van der Waals surface area (Å²) in [6.45, 7) is 2.79. The van der Waals surface area contributed by atoms with E-state index in [2.05, 4.69) is 4.90 Å². The monoisotopic (exact) mass is 307 g/mol. The molecule has 0 unspecified atom stereocenters. The molecule has 1 aliphatic carbocycles. The number of halogens is 1. The van der Waals surface area contributed by atoms with Crippen LogP contribution in [0.2, 0.25) is 0 Å². The number of benzene rings is 1. The van der Waals surface area contributed by atoms with Gasteiger partial charge in [-0.25, -0.2) is 4.39 Å². The molecule has 1 aromatic rings. The predicted octanol–water partition coefficient (Wildman–Crippen LogP) is 1.54. The van der Waals surface area contributed by atoms with E-state index in [9.17, 15) is 9.18 Å². The molecule has 0 aromatic heterocycles. The average Bonchev–Trinajstić information content (AvgIpc) is 3.29. The highest BCUT2D eigenvalue weighted by Crippen LogP contribution is 2.47. The molecule has 4 nitrogen and oxygen atoms in total. The Labute approximate surface area is 128 Å². The van der Waals surface area contributed by atoms with Crippen molar-refractivity contribution in [2.24, 2.45) is 11.1 Å². The number of piperazine rings is 1. The first-order valence-corrected chi connectivity index (χ1v) is 7.53. The lowest BCUT2D eigenvalue weighted by atomic mass is 10.0. The Morgan fingerprint density at radius 1 is 1.14 bits per heavy atom. The van der Waals surface area contributed by atoms with Gasteiger partial charge in [0.2, 0.25) is 5.91 Å². The number of nitrogens with zero attached hydrogens (tertiary/aromatic N) is 2. The van der Waals surface area contributed by atoms with Crippen molar-refractivity contribution in [2.75, 3.05) is 31.1 Å². The molecule has 0 atom stereocenters. The zero-order chi connectivity index (χ0) is 15.0. The smallest absolute Gasteiger partial charge is 0.235 e. The van der Waals surface area contributed by atoms with Crippen LogP contribution in [-0.2, 0) is 4.79 Å². The molecular weight excluding hydrogens is 289 g/mol. The van der Waals surface area contributed by atoms with Gasteiger partial charge in [-0.05, 0) is 37.1 Å². The molecule has 112 valence electrons. The quantitative estimate of drug-likeness (QED) is 0.861.